The number of esters is 1. The molecule has 0 fully saturated rings. The molecule has 0 saturated heterocycles. The van der Waals surface area contributed by atoms with E-state index in [-0.39, 0.29) is 6.61 Å². The van der Waals surface area contributed by atoms with Crippen LogP contribution in [0.1, 0.15) is 13.8 Å². The van der Waals surface area contributed by atoms with Crippen molar-refractivity contribution in [2.24, 2.45) is 5.73 Å². The number of ether oxygens (including phenoxy) is 2. The molecule has 1 aromatic carbocycles. The Morgan fingerprint density at radius 1 is 1.42 bits per heavy atom. The van der Waals surface area contributed by atoms with Crippen molar-refractivity contribution in [3.05, 3.63) is 24.3 Å². The number of carbonyl (C=O) groups is 1. The van der Waals surface area contributed by atoms with E-state index in [0.717, 1.165) is 5.69 Å². The molecular weight excluding hydrogens is 244 g/mol. The molecule has 5 heteroatoms. The first-order valence-corrected chi connectivity index (χ1v) is 6.23. The van der Waals surface area contributed by atoms with Crippen molar-refractivity contribution < 1.29 is 14.3 Å². The molecular formula is C14H22N2O3. The number of hydrogen-bond donors (Lipinski definition) is 1. The fourth-order valence-electron chi connectivity index (χ4n) is 1.44. The zero-order valence-electron chi connectivity index (χ0n) is 12.0. The largest absolute Gasteiger partial charge is 0.491 e. The summed E-state index contributed by atoms with van der Waals surface area (Å²) in [6.07, 6.45) is 0. The van der Waals surface area contributed by atoms with Gasteiger partial charge in [0.05, 0.1) is 6.61 Å². The van der Waals surface area contributed by atoms with E-state index < -0.39 is 11.5 Å². The number of rotatable bonds is 6. The van der Waals surface area contributed by atoms with Crippen molar-refractivity contribution in [2.75, 3.05) is 32.2 Å². The number of benzene rings is 1. The lowest BCUT2D eigenvalue weighted by molar-refractivity contribution is -0.150. The first-order chi connectivity index (χ1) is 8.86. The van der Waals surface area contributed by atoms with Crippen molar-refractivity contribution >= 4 is 11.7 Å². The monoisotopic (exact) mass is 266 g/mol. The third kappa shape index (κ3) is 4.44. The van der Waals surface area contributed by atoms with Crippen molar-refractivity contribution in [1.82, 2.24) is 0 Å². The van der Waals surface area contributed by atoms with E-state index >= 15 is 0 Å². The van der Waals surface area contributed by atoms with Gasteiger partial charge in [-0.3, -0.25) is 0 Å². The molecule has 2 N–H and O–H groups in total. The highest BCUT2D eigenvalue weighted by molar-refractivity contribution is 5.80. The van der Waals surface area contributed by atoms with Crippen LogP contribution in [-0.4, -0.2) is 38.8 Å². The van der Waals surface area contributed by atoms with Crippen LogP contribution in [0.3, 0.4) is 0 Å². The lowest BCUT2D eigenvalue weighted by Gasteiger charge is -2.22. The summed E-state index contributed by atoms with van der Waals surface area (Å²) in [5, 5.41) is 0. The van der Waals surface area contributed by atoms with Crippen LogP contribution in [0.15, 0.2) is 24.3 Å². The highest BCUT2D eigenvalue weighted by Crippen LogP contribution is 2.20. The van der Waals surface area contributed by atoms with Gasteiger partial charge in [0.25, 0.3) is 0 Å². The fraction of sp³-hybridized carbons (Fsp3) is 0.500. The number of nitrogens with two attached hydrogens (primary N) is 1. The number of carbonyl (C=O) groups excluding carboxylic acids is 1. The fourth-order valence-corrected chi connectivity index (χ4v) is 1.44. The second-order valence-electron chi connectivity index (χ2n) is 4.82. The smallest absolute Gasteiger partial charge is 0.329 e. The van der Waals surface area contributed by atoms with Gasteiger partial charge >= 0.3 is 5.97 Å². The van der Waals surface area contributed by atoms with Crippen LogP contribution in [-0.2, 0) is 9.53 Å². The lowest BCUT2D eigenvalue weighted by Crippen LogP contribution is -2.51. The van der Waals surface area contributed by atoms with Gasteiger partial charge in [0.1, 0.15) is 17.9 Å². The van der Waals surface area contributed by atoms with Gasteiger partial charge in [0, 0.05) is 25.8 Å². The summed E-state index contributed by atoms with van der Waals surface area (Å²) in [5.74, 6) is 0.214. The zero-order chi connectivity index (χ0) is 14.5. The lowest BCUT2D eigenvalue weighted by atomic mass is 10.1. The Morgan fingerprint density at radius 2 is 2.11 bits per heavy atom. The van der Waals surface area contributed by atoms with Crippen molar-refractivity contribution in [2.45, 2.75) is 19.4 Å². The van der Waals surface area contributed by atoms with Crippen LogP contribution in [0.25, 0.3) is 0 Å². The first kappa shape index (κ1) is 15.3. The maximum atomic E-state index is 11.6. The van der Waals surface area contributed by atoms with E-state index in [2.05, 4.69) is 0 Å². The molecule has 1 atom stereocenters. The minimum atomic E-state index is -1.15. The van der Waals surface area contributed by atoms with E-state index in [1.54, 1.807) is 13.8 Å². The van der Waals surface area contributed by atoms with Crippen LogP contribution in [0.2, 0.25) is 0 Å². The molecule has 0 aliphatic rings. The van der Waals surface area contributed by atoms with E-state index in [0.29, 0.717) is 12.4 Å². The Labute approximate surface area is 114 Å². The van der Waals surface area contributed by atoms with Gasteiger partial charge in [-0.05, 0) is 26.0 Å². The third-order valence-electron chi connectivity index (χ3n) is 2.61. The highest BCUT2D eigenvalue weighted by atomic mass is 16.5. The Kier molecular flexibility index (Phi) is 5.18. The molecule has 1 unspecified atom stereocenters. The summed E-state index contributed by atoms with van der Waals surface area (Å²) < 4.78 is 10.5. The molecule has 106 valence electrons. The minimum absolute atomic E-state index is 0.0721. The van der Waals surface area contributed by atoms with Gasteiger partial charge in [-0.1, -0.05) is 6.07 Å². The average Bonchev–Trinajstić information content (AvgIpc) is 2.37. The number of anilines is 1. The second-order valence-corrected chi connectivity index (χ2v) is 4.82. The van der Waals surface area contributed by atoms with E-state index in [9.17, 15) is 4.79 Å². The molecule has 0 heterocycles. The number of hydrogen-bond acceptors (Lipinski definition) is 5. The van der Waals surface area contributed by atoms with Gasteiger partial charge in [-0.25, -0.2) is 4.79 Å². The van der Waals surface area contributed by atoms with E-state index in [4.69, 9.17) is 15.2 Å². The van der Waals surface area contributed by atoms with Crippen molar-refractivity contribution in [3.63, 3.8) is 0 Å². The normalized spacial score (nSPS) is 13.5. The maximum Gasteiger partial charge on any atom is 0.329 e. The van der Waals surface area contributed by atoms with Crippen LogP contribution < -0.4 is 15.4 Å². The van der Waals surface area contributed by atoms with Crippen LogP contribution in [0, 0.1) is 0 Å². The van der Waals surface area contributed by atoms with Gasteiger partial charge in [0.2, 0.25) is 0 Å². The summed E-state index contributed by atoms with van der Waals surface area (Å²) in [7, 11) is 3.90. The predicted octanol–water partition coefficient (Wildman–Crippen LogP) is 1.41. The van der Waals surface area contributed by atoms with Gasteiger partial charge in [0.15, 0.2) is 0 Å². The summed E-state index contributed by atoms with van der Waals surface area (Å²) in [6.45, 7) is 3.72. The Hall–Kier alpha value is -1.75. The summed E-state index contributed by atoms with van der Waals surface area (Å²) >= 11 is 0. The molecule has 1 aromatic rings. The third-order valence-corrected chi connectivity index (χ3v) is 2.61. The standard InChI is InChI=1S/C14H22N2O3/c1-5-18-13(17)14(2,15)10-19-12-8-6-7-11(9-12)16(3)4/h6-9H,5,10,15H2,1-4H3. The topological polar surface area (TPSA) is 64.8 Å². The van der Waals surface area contributed by atoms with E-state index in [1.165, 1.54) is 0 Å². The SMILES string of the molecule is CCOC(=O)C(C)(N)COc1cccc(N(C)C)c1. The van der Waals surface area contributed by atoms with Crippen molar-refractivity contribution in [1.29, 1.82) is 0 Å². The molecule has 0 aromatic heterocycles. The quantitative estimate of drug-likeness (QED) is 0.789. The van der Waals surface area contributed by atoms with Crippen LogP contribution in [0.4, 0.5) is 5.69 Å². The van der Waals surface area contributed by atoms with E-state index in [1.807, 2.05) is 43.3 Å². The molecule has 1 rings (SSSR count). The summed E-state index contributed by atoms with van der Waals surface area (Å²) in [5.41, 5.74) is 5.75. The molecule has 19 heavy (non-hydrogen) atoms. The Balaban J connectivity index is 2.66. The summed E-state index contributed by atoms with van der Waals surface area (Å²) in [4.78, 5) is 13.6. The van der Waals surface area contributed by atoms with Crippen molar-refractivity contribution in [3.8, 4) is 5.75 Å². The summed E-state index contributed by atoms with van der Waals surface area (Å²) in [6, 6.07) is 7.58. The highest BCUT2D eigenvalue weighted by Gasteiger charge is 2.31. The van der Waals surface area contributed by atoms with Gasteiger partial charge in [-0.2, -0.15) is 0 Å². The Morgan fingerprint density at radius 3 is 2.68 bits per heavy atom. The molecule has 0 spiro atoms. The van der Waals surface area contributed by atoms with Gasteiger partial charge < -0.3 is 20.1 Å². The number of nitrogens with zero attached hydrogens (tertiary/aromatic N) is 1. The maximum absolute atomic E-state index is 11.6. The van der Waals surface area contributed by atoms with Crippen LogP contribution >= 0.6 is 0 Å². The average molecular weight is 266 g/mol. The predicted molar refractivity (Wildman–Crippen MR) is 75.5 cm³/mol. The Bertz CT molecular complexity index is 430. The molecule has 0 amide bonds. The zero-order valence-corrected chi connectivity index (χ0v) is 12.0. The molecule has 0 aliphatic heterocycles. The molecule has 0 radical (unpaired) electrons. The molecule has 0 aliphatic carbocycles. The first-order valence-electron chi connectivity index (χ1n) is 6.23. The minimum Gasteiger partial charge on any atom is -0.491 e. The molecule has 5 nitrogen and oxygen atoms in total. The van der Waals surface area contributed by atoms with Gasteiger partial charge in [-0.15, -0.1) is 0 Å². The molecule has 0 bridgehead atoms. The molecule has 0 saturated carbocycles. The van der Waals surface area contributed by atoms with Crippen LogP contribution in [0.5, 0.6) is 5.75 Å². The second kappa shape index (κ2) is 6.43.